The zero-order chi connectivity index (χ0) is 15.4. The Balaban J connectivity index is 1.68. The molecule has 116 valence electrons. The predicted molar refractivity (Wildman–Crippen MR) is 84.8 cm³/mol. The molecule has 22 heavy (non-hydrogen) atoms. The van der Waals surface area contributed by atoms with Crippen molar-refractivity contribution in [2.45, 2.75) is 31.7 Å². The maximum Gasteiger partial charge on any atom is 0.231 e. The molecule has 1 aromatic carbocycles. The number of ether oxygens (including phenoxy) is 1. The average molecular weight is 299 g/mol. The van der Waals surface area contributed by atoms with E-state index >= 15 is 0 Å². The third-order valence-corrected chi connectivity index (χ3v) is 4.08. The average Bonchev–Trinajstić information content (AvgIpc) is 3.20. The number of rotatable bonds is 5. The van der Waals surface area contributed by atoms with Crippen LogP contribution in [0.3, 0.4) is 0 Å². The quantitative estimate of drug-likeness (QED) is 0.923. The minimum absolute atomic E-state index is 0.0101. The van der Waals surface area contributed by atoms with Gasteiger partial charge in [0, 0.05) is 12.8 Å². The molecule has 5 heteroatoms. The summed E-state index contributed by atoms with van der Waals surface area (Å²) in [6.45, 7) is 3.49. The van der Waals surface area contributed by atoms with Gasteiger partial charge in [-0.15, -0.1) is 0 Å². The molecule has 1 amide bonds. The summed E-state index contributed by atoms with van der Waals surface area (Å²) in [4.78, 5) is 12.5. The second-order valence-electron chi connectivity index (χ2n) is 5.59. The van der Waals surface area contributed by atoms with Crippen molar-refractivity contribution in [3.05, 3.63) is 48.3 Å². The van der Waals surface area contributed by atoms with Gasteiger partial charge >= 0.3 is 0 Å². The fourth-order valence-electron chi connectivity index (χ4n) is 2.82. The lowest BCUT2D eigenvalue weighted by atomic mass is 9.96. The van der Waals surface area contributed by atoms with E-state index in [4.69, 9.17) is 4.74 Å². The number of hydrogen-bond donors (Lipinski definition) is 1. The van der Waals surface area contributed by atoms with Gasteiger partial charge in [-0.2, -0.15) is 5.10 Å². The Hall–Kier alpha value is -2.14. The van der Waals surface area contributed by atoms with Crippen LogP contribution in [0.25, 0.3) is 0 Å². The van der Waals surface area contributed by atoms with Crippen LogP contribution in [0.15, 0.2) is 42.7 Å². The van der Waals surface area contributed by atoms with E-state index in [1.807, 2.05) is 48.1 Å². The molecule has 0 unspecified atom stereocenters. The molecular formula is C17H21N3O2. The van der Waals surface area contributed by atoms with Gasteiger partial charge in [-0.25, -0.2) is 0 Å². The van der Waals surface area contributed by atoms with Crippen molar-refractivity contribution in [3.63, 3.8) is 0 Å². The third kappa shape index (κ3) is 3.20. The largest absolute Gasteiger partial charge is 0.379 e. The van der Waals surface area contributed by atoms with E-state index in [9.17, 15) is 4.79 Å². The van der Waals surface area contributed by atoms with Crippen molar-refractivity contribution in [2.75, 3.05) is 18.5 Å². The molecule has 3 rings (SSSR count). The van der Waals surface area contributed by atoms with Crippen molar-refractivity contribution in [3.8, 4) is 0 Å². The molecule has 2 aromatic rings. The van der Waals surface area contributed by atoms with Gasteiger partial charge in [0.25, 0.3) is 0 Å². The van der Waals surface area contributed by atoms with E-state index in [2.05, 4.69) is 10.4 Å². The highest BCUT2D eigenvalue weighted by Crippen LogP contribution is 2.23. The van der Waals surface area contributed by atoms with Crippen molar-refractivity contribution in [2.24, 2.45) is 0 Å². The van der Waals surface area contributed by atoms with Crippen molar-refractivity contribution in [1.29, 1.82) is 0 Å². The molecule has 1 aliphatic rings. The highest BCUT2D eigenvalue weighted by molar-refractivity contribution is 5.95. The molecule has 5 nitrogen and oxygen atoms in total. The number of aromatic nitrogens is 2. The number of anilines is 1. The fraction of sp³-hybridized carbons (Fsp3) is 0.412. The number of carbonyl (C=O) groups excluding carboxylic acids is 1. The zero-order valence-electron chi connectivity index (χ0n) is 12.7. The van der Waals surface area contributed by atoms with Gasteiger partial charge in [0.1, 0.15) is 0 Å². The summed E-state index contributed by atoms with van der Waals surface area (Å²) in [7, 11) is 0. The number of nitrogens with zero attached hydrogens (tertiary/aromatic N) is 2. The molecule has 0 bridgehead atoms. The summed E-state index contributed by atoms with van der Waals surface area (Å²) in [5.41, 5.74) is 1.78. The van der Waals surface area contributed by atoms with E-state index in [0.717, 1.165) is 30.7 Å². The topological polar surface area (TPSA) is 56.2 Å². The second-order valence-corrected chi connectivity index (χ2v) is 5.59. The van der Waals surface area contributed by atoms with Gasteiger partial charge in [-0.05, 0) is 18.4 Å². The van der Waals surface area contributed by atoms with Crippen molar-refractivity contribution < 1.29 is 9.53 Å². The van der Waals surface area contributed by atoms with Crippen LogP contribution in [0, 0.1) is 0 Å². The fourth-order valence-corrected chi connectivity index (χ4v) is 2.82. The minimum atomic E-state index is -0.139. The van der Waals surface area contributed by atoms with Crippen LogP contribution < -0.4 is 5.32 Å². The molecular weight excluding hydrogens is 278 g/mol. The molecule has 0 saturated carbocycles. The lowest BCUT2D eigenvalue weighted by Gasteiger charge is -2.14. The Morgan fingerprint density at radius 2 is 2.27 bits per heavy atom. The zero-order valence-corrected chi connectivity index (χ0v) is 12.7. The van der Waals surface area contributed by atoms with Gasteiger partial charge in [-0.3, -0.25) is 9.48 Å². The van der Waals surface area contributed by atoms with Gasteiger partial charge in [0.05, 0.1) is 30.5 Å². The Labute approximate surface area is 130 Å². The highest BCUT2D eigenvalue weighted by atomic mass is 16.5. The first-order valence-corrected chi connectivity index (χ1v) is 7.75. The van der Waals surface area contributed by atoms with Gasteiger partial charge in [0.2, 0.25) is 5.91 Å². The molecule has 1 fully saturated rings. The molecule has 0 aliphatic carbocycles. The molecule has 2 atom stereocenters. The lowest BCUT2D eigenvalue weighted by Crippen LogP contribution is -2.20. The predicted octanol–water partition coefficient (Wildman–Crippen LogP) is 2.98. The van der Waals surface area contributed by atoms with E-state index < -0.39 is 0 Å². The maximum atomic E-state index is 12.5. The SMILES string of the molecule is CC[C@@H](C(=O)Nc1cnn([C@@H]2CCOC2)c1)c1ccccc1. The summed E-state index contributed by atoms with van der Waals surface area (Å²) >= 11 is 0. The summed E-state index contributed by atoms with van der Waals surface area (Å²) in [6, 6.07) is 10.1. The van der Waals surface area contributed by atoms with Crippen LogP contribution in [-0.2, 0) is 9.53 Å². The Kier molecular flexibility index (Phi) is 4.53. The van der Waals surface area contributed by atoms with Gasteiger partial charge in [-0.1, -0.05) is 37.3 Å². The second kappa shape index (κ2) is 6.75. The smallest absolute Gasteiger partial charge is 0.231 e. The monoisotopic (exact) mass is 299 g/mol. The van der Waals surface area contributed by atoms with Crippen molar-refractivity contribution >= 4 is 11.6 Å². The van der Waals surface area contributed by atoms with E-state index in [0.29, 0.717) is 6.61 Å². The number of benzene rings is 1. The number of hydrogen-bond acceptors (Lipinski definition) is 3. The first-order chi connectivity index (χ1) is 10.8. The molecule has 1 aliphatic heterocycles. The standard InChI is InChI=1S/C17H21N3O2/c1-2-16(13-6-4-3-5-7-13)17(21)19-14-10-18-20(11-14)15-8-9-22-12-15/h3-7,10-11,15-16H,2,8-9,12H2,1H3,(H,19,21)/t15-,16-/m1/s1. The molecule has 2 heterocycles. The normalized spacial score (nSPS) is 19.0. The van der Waals surface area contributed by atoms with Gasteiger partial charge in [0.15, 0.2) is 0 Å². The summed E-state index contributed by atoms with van der Waals surface area (Å²) in [6.07, 6.45) is 5.32. The van der Waals surface area contributed by atoms with Crippen molar-refractivity contribution in [1.82, 2.24) is 9.78 Å². The Bertz CT molecular complexity index is 618. The van der Waals surface area contributed by atoms with Crippen LogP contribution in [0.5, 0.6) is 0 Å². The van der Waals surface area contributed by atoms with Crippen LogP contribution in [0.2, 0.25) is 0 Å². The minimum Gasteiger partial charge on any atom is -0.379 e. The Morgan fingerprint density at radius 1 is 1.45 bits per heavy atom. The van der Waals surface area contributed by atoms with Crippen LogP contribution in [-0.4, -0.2) is 28.9 Å². The van der Waals surface area contributed by atoms with Crippen LogP contribution in [0.4, 0.5) is 5.69 Å². The number of nitrogens with one attached hydrogen (secondary N) is 1. The number of carbonyl (C=O) groups is 1. The highest BCUT2D eigenvalue weighted by Gasteiger charge is 2.21. The lowest BCUT2D eigenvalue weighted by molar-refractivity contribution is -0.117. The van der Waals surface area contributed by atoms with E-state index in [1.54, 1.807) is 6.20 Å². The molecule has 1 saturated heterocycles. The van der Waals surface area contributed by atoms with E-state index in [1.165, 1.54) is 0 Å². The molecule has 1 aromatic heterocycles. The molecule has 1 N–H and O–H groups in total. The van der Waals surface area contributed by atoms with Crippen LogP contribution in [0.1, 0.15) is 37.3 Å². The van der Waals surface area contributed by atoms with E-state index in [-0.39, 0.29) is 17.9 Å². The van der Waals surface area contributed by atoms with Crippen LogP contribution >= 0.6 is 0 Å². The van der Waals surface area contributed by atoms with Gasteiger partial charge < -0.3 is 10.1 Å². The first kappa shape index (κ1) is 14.8. The molecule has 0 radical (unpaired) electrons. The number of amides is 1. The molecule has 0 spiro atoms. The third-order valence-electron chi connectivity index (χ3n) is 4.08. The summed E-state index contributed by atoms with van der Waals surface area (Å²) in [5.74, 6) is -0.129. The summed E-state index contributed by atoms with van der Waals surface area (Å²) in [5, 5.41) is 7.30. The Morgan fingerprint density at radius 3 is 2.95 bits per heavy atom. The first-order valence-electron chi connectivity index (χ1n) is 7.75. The summed E-state index contributed by atoms with van der Waals surface area (Å²) < 4.78 is 7.25. The maximum absolute atomic E-state index is 12.5.